The minimum absolute atomic E-state index is 0.0653. The van der Waals surface area contributed by atoms with E-state index in [-0.39, 0.29) is 5.91 Å². The van der Waals surface area contributed by atoms with E-state index in [9.17, 15) is 4.79 Å². The van der Waals surface area contributed by atoms with E-state index in [4.69, 9.17) is 4.84 Å². The van der Waals surface area contributed by atoms with E-state index in [1.54, 1.807) is 12.4 Å². The van der Waals surface area contributed by atoms with E-state index in [2.05, 4.69) is 34.2 Å². The van der Waals surface area contributed by atoms with Crippen LogP contribution in [0.4, 0.5) is 0 Å². The topological polar surface area (TPSA) is 66.8 Å². The first kappa shape index (κ1) is 16.9. The lowest BCUT2D eigenvalue weighted by Gasteiger charge is -2.35. The Morgan fingerprint density at radius 1 is 1.42 bits per heavy atom. The summed E-state index contributed by atoms with van der Waals surface area (Å²) in [5.74, 6) is 0.455. The summed E-state index contributed by atoms with van der Waals surface area (Å²) in [6.07, 6.45) is 5.81. The Balaban J connectivity index is 1.45. The molecule has 24 heavy (non-hydrogen) atoms. The third-order valence-corrected chi connectivity index (χ3v) is 4.82. The van der Waals surface area contributed by atoms with Crippen LogP contribution < -0.4 is 5.32 Å². The van der Waals surface area contributed by atoms with E-state index < -0.39 is 6.10 Å². The molecule has 0 radical (unpaired) electrons. The molecule has 1 aromatic rings. The van der Waals surface area contributed by atoms with Crippen molar-refractivity contribution in [1.82, 2.24) is 15.2 Å². The summed E-state index contributed by atoms with van der Waals surface area (Å²) in [5.41, 5.74) is 1.77. The van der Waals surface area contributed by atoms with Gasteiger partial charge in [-0.05, 0) is 51.3 Å². The predicted molar refractivity (Wildman–Crippen MR) is 92.7 cm³/mol. The van der Waals surface area contributed by atoms with Crippen molar-refractivity contribution in [2.45, 2.75) is 45.3 Å². The summed E-state index contributed by atoms with van der Waals surface area (Å²) in [6, 6.07) is 4.33. The fourth-order valence-corrected chi connectivity index (χ4v) is 3.32. The normalized spacial score (nSPS) is 24.5. The first-order valence-corrected chi connectivity index (χ1v) is 8.78. The highest BCUT2D eigenvalue weighted by Gasteiger charge is 2.30. The van der Waals surface area contributed by atoms with Crippen molar-refractivity contribution in [3.8, 4) is 0 Å². The zero-order valence-corrected chi connectivity index (χ0v) is 14.4. The molecule has 0 spiro atoms. The van der Waals surface area contributed by atoms with Crippen LogP contribution in [0.3, 0.4) is 0 Å². The molecule has 3 rings (SSSR count). The highest BCUT2D eigenvalue weighted by Crippen LogP contribution is 2.19. The standard InChI is InChI=1S/C18H26N4O2/c1-13(2)22-9-3-4-14(12-22)11-20-18(23)17-10-16(21-24-17)15-5-7-19-8-6-15/h5-8,13-14,17H,3-4,9-12H2,1-2H3,(H,20,23)/t14-,17+/m1/s1. The second-order valence-corrected chi connectivity index (χ2v) is 6.91. The maximum atomic E-state index is 12.3. The molecule has 6 nitrogen and oxygen atoms in total. The van der Waals surface area contributed by atoms with E-state index in [0.717, 1.165) is 24.4 Å². The first-order chi connectivity index (χ1) is 11.6. The van der Waals surface area contributed by atoms with Crippen molar-refractivity contribution in [2.75, 3.05) is 19.6 Å². The highest BCUT2D eigenvalue weighted by atomic mass is 16.6. The minimum atomic E-state index is -0.516. The summed E-state index contributed by atoms with van der Waals surface area (Å²) >= 11 is 0. The lowest BCUT2D eigenvalue weighted by Crippen LogP contribution is -2.45. The Labute approximate surface area is 143 Å². The van der Waals surface area contributed by atoms with Gasteiger partial charge in [0.15, 0.2) is 0 Å². The van der Waals surface area contributed by atoms with E-state index in [1.807, 2.05) is 12.1 Å². The third kappa shape index (κ3) is 4.12. The van der Waals surface area contributed by atoms with Gasteiger partial charge in [0.05, 0.1) is 5.71 Å². The fraction of sp³-hybridized carbons (Fsp3) is 0.611. The van der Waals surface area contributed by atoms with Crippen molar-refractivity contribution in [2.24, 2.45) is 11.1 Å². The number of nitrogens with one attached hydrogen (secondary N) is 1. The predicted octanol–water partition coefficient (Wildman–Crippen LogP) is 1.81. The molecule has 1 N–H and O–H groups in total. The summed E-state index contributed by atoms with van der Waals surface area (Å²) in [7, 11) is 0. The Morgan fingerprint density at radius 3 is 2.96 bits per heavy atom. The van der Waals surface area contributed by atoms with Gasteiger partial charge in [0, 0.05) is 43.5 Å². The fourth-order valence-electron chi connectivity index (χ4n) is 3.32. The molecule has 3 heterocycles. The van der Waals surface area contributed by atoms with E-state index in [1.165, 1.54) is 12.8 Å². The number of aromatic nitrogens is 1. The zero-order valence-electron chi connectivity index (χ0n) is 14.4. The number of hydrogen-bond donors (Lipinski definition) is 1. The van der Waals surface area contributed by atoms with E-state index in [0.29, 0.717) is 24.9 Å². The molecule has 0 saturated carbocycles. The lowest BCUT2D eigenvalue weighted by molar-refractivity contribution is -0.131. The molecule has 0 bridgehead atoms. The highest BCUT2D eigenvalue weighted by molar-refractivity contribution is 6.03. The molecule has 0 aromatic carbocycles. The molecule has 6 heteroatoms. The van der Waals surface area contributed by atoms with Crippen LogP contribution in [0.25, 0.3) is 0 Å². The molecular weight excluding hydrogens is 304 g/mol. The average Bonchev–Trinajstić information content (AvgIpc) is 3.11. The number of nitrogens with zero attached hydrogens (tertiary/aromatic N) is 3. The van der Waals surface area contributed by atoms with Crippen molar-refractivity contribution in [3.05, 3.63) is 30.1 Å². The number of carbonyl (C=O) groups is 1. The van der Waals surface area contributed by atoms with Crippen molar-refractivity contribution in [3.63, 3.8) is 0 Å². The van der Waals surface area contributed by atoms with Crippen LogP contribution in [0, 0.1) is 5.92 Å². The van der Waals surface area contributed by atoms with Gasteiger partial charge >= 0.3 is 0 Å². The lowest BCUT2D eigenvalue weighted by atomic mass is 9.97. The van der Waals surface area contributed by atoms with Gasteiger partial charge in [-0.25, -0.2) is 0 Å². The Hall–Kier alpha value is -1.95. The zero-order chi connectivity index (χ0) is 16.9. The molecule has 1 saturated heterocycles. The molecule has 0 unspecified atom stereocenters. The summed E-state index contributed by atoms with van der Waals surface area (Å²) in [6.45, 7) is 7.39. The summed E-state index contributed by atoms with van der Waals surface area (Å²) in [4.78, 5) is 24.1. The van der Waals surface area contributed by atoms with Gasteiger partial charge in [-0.2, -0.15) is 0 Å². The molecular formula is C18H26N4O2. The second-order valence-electron chi connectivity index (χ2n) is 6.91. The van der Waals surface area contributed by atoms with Crippen molar-refractivity contribution >= 4 is 11.6 Å². The average molecular weight is 330 g/mol. The van der Waals surface area contributed by atoms with Gasteiger partial charge < -0.3 is 15.1 Å². The third-order valence-electron chi connectivity index (χ3n) is 4.82. The van der Waals surface area contributed by atoms with Gasteiger partial charge in [-0.15, -0.1) is 0 Å². The Bertz CT molecular complexity index is 588. The van der Waals surface area contributed by atoms with Crippen LogP contribution in [0.5, 0.6) is 0 Å². The van der Waals surface area contributed by atoms with Crippen molar-refractivity contribution in [1.29, 1.82) is 0 Å². The molecule has 2 atom stereocenters. The monoisotopic (exact) mass is 330 g/mol. The molecule has 130 valence electrons. The second kappa shape index (κ2) is 7.75. The minimum Gasteiger partial charge on any atom is -0.382 e. The van der Waals surface area contributed by atoms with Gasteiger partial charge in [0.2, 0.25) is 6.10 Å². The summed E-state index contributed by atoms with van der Waals surface area (Å²) in [5, 5.41) is 7.11. The Morgan fingerprint density at radius 2 is 2.21 bits per heavy atom. The van der Waals surface area contributed by atoms with Crippen LogP contribution in [0.15, 0.2) is 29.7 Å². The number of pyridine rings is 1. The summed E-state index contributed by atoms with van der Waals surface area (Å²) < 4.78 is 0. The first-order valence-electron chi connectivity index (χ1n) is 8.78. The van der Waals surface area contributed by atoms with Gasteiger partial charge in [0.1, 0.15) is 0 Å². The molecule has 1 amide bonds. The molecule has 0 aliphatic carbocycles. The number of oxime groups is 1. The molecule has 2 aliphatic rings. The van der Waals surface area contributed by atoms with Gasteiger partial charge in [-0.1, -0.05) is 5.16 Å². The smallest absolute Gasteiger partial charge is 0.264 e. The van der Waals surface area contributed by atoms with Crippen LogP contribution in [-0.4, -0.2) is 53.3 Å². The van der Waals surface area contributed by atoms with Crippen LogP contribution in [0.2, 0.25) is 0 Å². The molecule has 1 fully saturated rings. The van der Waals surface area contributed by atoms with Crippen LogP contribution >= 0.6 is 0 Å². The number of hydrogen-bond acceptors (Lipinski definition) is 5. The number of rotatable bonds is 5. The maximum absolute atomic E-state index is 12.3. The number of carbonyl (C=O) groups excluding carboxylic acids is 1. The van der Waals surface area contributed by atoms with Crippen LogP contribution in [0.1, 0.15) is 38.7 Å². The van der Waals surface area contributed by atoms with E-state index >= 15 is 0 Å². The number of piperidine rings is 1. The maximum Gasteiger partial charge on any atom is 0.264 e. The quantitative estimate of drug-likeness (QED) is 0.894. The number of amides is 1. The Kier molecular flexibility index (Phi) is 5.45. The SMILES string of the molecule is CC(C)N1CCC[C@H](CNC(=O)[C@@H]2CC(c3ccncc3)=NO2)C1. The molecule has 1 aromatic heterocycles. The largest absolute Gasteiger partial charge is 0.382 e. The van der Waals surface area contributed by atoms with Gasteiger partial charge in [0.25, 0.3) is 5.91 Å². The molecule has 2 aliphatic heterocycles. The number of likely N-dealkylation sites (tertiary alicyclic amines) is 1. The van der Waals surface area contributed by atoms with Crippen LogP contribution in [-0.2, 0) is 9.63 Å². The van der Waals surface area contributed by atoms with Gasteiger partial charge in [-0.3, -0.25) is 9.78 Å². The van der Waals surface area contributed by atoms with Crippen molar-refractivity contribution < 1.29 is 9.63 Å².